The highest BCUT2D eigenvalue weighted by Crippen LogP contribution is 2.37. The fourth-order valence-corrected chi connectivity index (χ4v) is 5.53. The van der Waals surface area contributed by atoms with Crippen molar-refractivity contribution in [3.05, 3.63) is 71.4 Å². The number of rotatable bonds is 6. The third-order valence-electron chi connectivity index (χ3n) is 7.21. The number of carbonyl (C=O) groups excluding carboxylic acids is 1. The summed E-state index contributed by atoms with van der Waals surface area (Å²) in [6.07, 6.45) is 7.28. The molecule has 1 unspecified atom stereocenters. The Hall–Kier alpha value is -4.28. The lowest BCUT2D eigenvalue weighted by Gasteiger charge is -2.19. The van der Waals surface area contributed by atoms with E-state index in [9.17, 15) is 4.79 Å². The second-order valence-electron chi connectivity index (χ2n) is 10.0. The monoisotopic (exact) mass is 509 g/mol. The summed E-state index contributed by atoms with van der Waals surface area (Å²) < 4.78 is 13.5. The molecule has 0 spiro atoms. The molecule has 4 aromatic heterocycles. The van der Waals surface area contributed by atoms with Crippen molar-refractivity contribution in [2.75, 3.05) is 26.0 Å². The Morgan fingerprint density at radius 3 is 2.92 bits per heavy atom. The van der Waals surface area contributed by atoms with E-state index in [2.05, 4.69) is 31.6 Å². The van der Waals surface area contributed by atoms with E-state index in [1.807, 2.05) is 49.0 Å². The summed E-state index contributed by atoms with van der Waals surface area (Å²) in [7, 11) is 4.06. The highest BCUT2D eigenvalue weighted by atomic mass is 16.5. The number of pyridine rings is 1. The number of carbonyl (C=O) groups is 1. The van der Waals surface area contributed by atoms with E-state index in [-0.39, 0.29) is 12.0 Å². The quantitative estimate of drug-likeness (QED) is 0.346. The second kappa shape index (κ2) is 8.93. The number of nitrogens with zero attached hydrogens (tertiary/aromatic N) is 5. The Labute approximate surface area is 218 Å². The molecule has 1 amide bonds. The maximum Gasteiger partial charge on any atom is 0.254 e. The minimum absolute atomic E-state index is 0.0863. The van der Waals surface area contributed by atoms with Gasteiger partial charge in [0.1, 0.15) is 11.3 Å². The largest absolute Gasteiger partial charge is 0.445 e. The molecular formula is C28H27N7O3. The topological polar surface area (TPSA) is 110 Å². The van der Waals surface area contributed by atoms with Crippen LogP contribution in [0.3, 0.4) is 0 Å². The van der Waals surface area contributed by atoms with E-state index >= 15 is 0 Å². The van der Waals surface area contributed by atoms with Crippen molar-refractivity contribution < 1.29 is 13.9 Å². The summed E-state index contributed by atoms with van der Waals surface area (Å²) in [4.78, 5) is 29.0. The van der Waals surface area contributed by atoms with Crippen LogP contribution in [-0.2, 0) is 17.8 Å². The van der Waals surface area contributed by atoms with Crippen molar-refractivity contribution in [3.8, 4) is 11.3 Å². The molecule has 0 saturated carbocycles. The second-order valence-corrected chi connectivity index (χ2v) is 10.0. The van der Waals surface area contributed by atoms with Crippen LogP contribution >= 0.6 is 0 Å². The number of furan rings is 1. The van der Waals surface area contributed by atoms with E-state index < -0.39 is 0 Å². The van der Waals surface area contributed by atoms with Gasteiger partial charge in [-0.05, 0) is 44.6 Å². The Bertz CT molecular complexity index is 1700. The number of anilines is 2. The first-order valence-corrected chi connectivity index (χ1v) is 12.7. The summed E-state index contributed by atoms with van der Waals surface area (Å²) in [5.41, 5.74) is 8.25. The van der Waals surface area contributed by atoms with E-state index in [1.54, 1.807) is 12.5 Å². The van der Waals surface area contributed by atoms with Gasteiger partial charge in [-0.15, -0.1) is 0 Å². The molecule has 10 heteroatoms. The van der Waals surface area contributed by atoms with Crippen molar-refractivity contribution in [1.82, 2.24) is 29.6 Å². The predicted molar refractivity (Wildman–Crippen MR) is 142 cm³/mol. The zero-order valence-corrected chi connectivity index (χ0v) is 21.2. The molecule has 1 atom stereocenters. The van der Waals surface area contributed by atoms with Gasteiger partial charge in [-0.2, -0.15) is 0 Å². The molecule has 6 heterocycles. The minimum atomic E-state index is -0.113. The van der Waals surface area contributed by atoms with Gasteiger partial charge in [0.2, 0.25) is 5.71 Å². The Balaban J connectivity index is 1.29. The first kappa shape index (κ1) is 22.9. The van der Waals surface area contributed by atoms with Gasteiger partial charge in [0.25, 0.3) is 5.91 Å². The van der Waals surface area contributed by atoms with E-state index in [1.165, 1.54) is 0 Å². The molecule has 2 aliphatic heterocycles. The number of benzene rings is 1. The molecule has 1 fully saturated rings. The lowest BCUT2D eigenvalue weighted by molar-refractivity contribution is 0.0966. The van der Waals surface area contributed by atoms with E-state index in [0.29, 0.717) is 35.8 Å². The molecule has 2 aliphatic rings. The average Bonchev–Trinajstić information content (AvgIpc) is 3.70. The summed E-state index contributed by atoms with van der Waals surface area (Å²) in [6.45, 7) is 1.92. The molecule has 1 saturated heterocycles. The van der Waals surface area contributed by atoms with E-state index in [4.69, 9.17) is 14.1 Å². The number of hydrogen-bond donors (Lipinski definition) is 2. The van der Waals surface area contributed by atoms with Gasteiger partial charge >= 0.3 is 0 Å². The minimum Gasteiger partial charge on any atom is -0.445 e. The van der Waals surface area contributed by atoms with Crippen LogP contribution in [0.5, 0.6) is 0 Å². The van der Waals surface area contributed by atoms with Crippen LogP contribution in [0.1, 0.15) is 46.1 Å². The zero-order valence-electron chi connectivity index (χ0n) is 21.2. The van der Waals surface area contributed by atoms with Crippen LogP contribution in [0, 0.1) is 0 Å². The molecule has 0 radical (unpaired) electrons. The summed E-state index contributed by atoms with van der Waals surface area (Å²) >= 11 is 0. The van der Waals surface area contributed by atoms with Crippen molar-refractivity contribution in [1.29, 1.82) is 0 Å². The van der Waals surface area contributed by atoms with Crippen molar-refractivity contribution >= 4 is 34.3 Å². The van der Waals surface area contributed by atoms with Crippen LogP contribution in [0.25, 0.3) is 28.1 Å². The van der Waals surface area contributed by atoms with Crippen molar-refractivity contribution in [2.24, 2.45) is 0 Å². The van der Waals surface area contributed by atoms with Gasteiger partial charge in [-0.1, -0.05) is 12.1 Å². The van der Waals surface area contributed by atoms with Gasteiger partial charge in [0, 0.05) is 36.9 Å². The lowest BCUT2D eigenvalue weighted by atomic mass is 9.99. The first-order valence-electron chi connectivity index (χ1n) is 12.7. The molecule has 0 aliphatic carbocycles. The fourth-order valence-electron chi connectivity index (χ4n) is 5.53. The maximum absolute atomic E-state index is 13.0. The Morgan fingerprint density at radius 2 is 2.08 bits per heavy atom. The number of amides is 1. The van der Waals surface area contributed by atoms with Crippen LogP contribution in [0.15, 0.2) is 53.4 Å². The van der Waals surface area contributed by atoms with Crippen LogP contribution in [0.4, 0.5) is 11.5 Å². The van der Waals surface area contributed by atoms with Gasteiger partial charge < -0.3 is 24.7 Å². The third-order valence-corrected chi connectivity index (χ3v) is 7.21. The number of fused-ring (bicyclic) bond motifs is 4. The molecule has 1 aromatic carbocycles. The van der Waals surface area contributed by atoms with Gasteiger partial charge in [0.15, 0.2) is 5.65 Å². The van der Waals surface area contributed by atoms with Gasteiger partial charge in [0.05, 0.1) is 47.4 Å². The molecule has 10 nitrogen and oxygen atoms in total. The Morgan fingerprint density at radius 1 is 1.16 bits per heavy atom. The smallest absolute Gasteiger partial charge is 0.254 e. The lowest BCUT2D eigenvalue weighted by Crippen LogP contribution is -2.16. The highest BCUT2D eigenvalue weighted by Gasteiger charge is 2.28. The molecule has 7 rings (SSSR count). The predicted octanol–water partition coefficient (Wildman–Crippen LogP) is 4.44. The highest BCUT2D eigenvalue weighted by molar-refractivity contribution is 6.06. The van der Waals surface area contributed by atoms with E-state index in [0.717, 1.165) is 58.7 Å². The molecule has 5 aromatic rings. The number of hydrogen-bond acceptors (Lipinski definition) is 8. The number of aromatic nitrogens is 4. The molecular weight excluding hydrogens is 482 g/mol. The summed E-state index contributed by atoms with van der Waals surface area (Å²) in [5, 5.41) is 6.42. The van der Waals surface area contributed by atoms with Crippen LogP contribution < -0.4 is 10.6 Å². The SMILES string of the molecule is CN(C)Cc1nc(Nc2ccc(-c3cnc4cnc5occc5n34)c3c2C(=O)NC3)ccc1C1CCCO1. The van der Waals surface area contributed by atoms with Crippen molar-refractivity contribution in [3.63, 3.8) is 0 Å². The third kappa shape index (κ3) is 3.72. The number of nitrogens with one attached hydrogen (secondary N) is 2. The van der Waals surface area contributed by atoms with Crippen LogP contribution in [0.2, 0.25) is 0 Å². The average molecular weight is 510 g/mol. The van der Waals surface area contributed by atoms with Gasteiger partial charge in [-0.3, -0.25) is 9.20 Å². The zero-order chi connectivity index (χ0) is 25.8. The normalized spacial score (nSPS) is 17.0. The molecule has 0 bridgehead atoms. The summed E-state index contributed by atoms with van der Waals surface area (Å²) in [6, 6.07) is 9.90. The van der Waals surface area contributed by atoms with Gasteiger partial charge in [-0.25, -0.2) is 15.0 Å². The van der Waals surface area contributed by atoms with Crippen molar-refractivity contribution in [2.45, 2.75) is 32.0 Å². The Kier molecular flexibility index (Phi) is 5.38. The molecule has 38 heavy (non-hydrogen) atoms. The first-order chi connectivity index (χ1) is 18.6. The molecule has 192 valence electrons. The number of ether oxygens (including phenoxy) is 1. The maximum atomic E-state index is 13.0. The molecule has 2 N–H and O–H groups in total. The summed E-state index contributed by atoms with van der Waals surface area (Å²) in [5.74, 6) is 0.581. The fraction of sp³-hybridized carbons (Fsp3) is 0.286. The van der Waals surface area contributed by atoms with Crippen LogP contribution in [-0.4, -0.2) is 50.9 Å². The number of imidazole rings is 1. The standard InChI is InChI=1S/C28H27N7O3/c1-34(2)15-20-17(23-4-3-10-37-23)6-8-24(33-20)32-19-7-5-16(18-12-30-27(36)26(18)19)22-13-29-25-14-31-28-21(35(22)25)9-11-38-28/h5-9,11,13-14,23H,3-4,10,12,15H2,1-2H3,(H,30,36)(H,32,33).